The summed E-state index contributed by atoms with van der Waals surface area (Å²) in [6.07, 6.45) is 0.222. The van der Waals surface area contributed by atoms with Gasteiger partial charge in [0.2, 0.25) is 0 Å². The number of para-hydroxylation sites is 1. The molecule has 1 N–H and O–H groups in total. The second-order valence-electron chi connectivity index (χ2n) is 4.53. The molecular formula is C16H11O4. The fourth-order valence-electron chi connectivity index (χ4n) is 2.14. The van der Waals surface area contributed by atoms with Gasteiger partial charge in [0.1, 0.15) is 11.3 Å². The highest BCUT2D eigenvalue weighted by Gasteiger charge is 2.14. The van der Waals surface area contributed by atoms with Crippen LogP contribution in [-0.4, -0.2) is 5.11 Å². The predicted molar refractivity (Wildman–Crippen MR) is 73.5 cm³/mol. The quantitative estimate of drug-likeness (QED) is 0.724. The molecule has 1 radical (unpaired) electrons. The van der Waals surface area contributed by atoms with Crippen LogP contribution in [0.15, 0.2) is 57.7 Å². The lowest BCUT2D eigenvalue weighted by Crippen LogP contribution is -2.08. The Kier molecular flexibility index (Phi) is 2.91. The second kappa shape index (κ2) is 4.74. The monoisotopic (exact) mass is 267 g/mol. The zero-order chi connectivity index (χ0) is 14.1. The van der Waals surface area contributed by atoms with Crippen LogP contribution in [0.3, 0.4) is 0 Å². The van der Waals surface area contributed by atoms with Gasteiger partial charge < -0.3 is 9.52 Å². The first-order valence-corrected chi connectivity index (χ1v) is 6.15. The average Bonchev–Trinajstić information content (AvgIpc) is 2.45. The molecule has 0 saturated carbocycles. The molecule has 0 aliphatic carbocycles. The van der Waals surface area contributed by atoms with Crippen LogP contribution in [0.5, 0.6) is 11.5 Å². The molecule has 0 saturated heterocycles. The van der Waals surface area contributed by atoms with Crippen molar-refractivity contribution in [2.24, 2.45) is 0 Å². The van der Waals surface area contributed by atoms with Crippen molar-refractivity contribution in [2.45, 2.75) is 6.42 Å². The third-order valence-corrected chi connectivity index (χ3v) is 3.18. The minimum Gasteiger partial charge on any atom is -0.507 e. The maximum atomic E-state index is 11.9. The van der Waals surface area contributed by atoms with E-state index in [9.17, 15) is 15.0 Å². The zero-order valence-corrected chi connectivity index (χ0v) is 10.5. The van der Waals surface area contributed by atoms with Gasteiger partial charge in [-0.05, 0) is 29.8 Å². The van der Waals surface area contributed by atoms with Crippen LogP contribution in [0.4, 0.5) is 0 Å². The Bertz CT molecular complexity index is 816. The first-order valence-electron chi connectivity index (χ1n) is 6.15. The lowest BCUT2D eigenvalue weighted by atomic mass is 10.0. The number of aromatic hydroxyl groups is 1. The van der Waals surface area contributed by atoms with Gasteiger partial charge in [-0.15, -0.1) is 0 Å². The molecule has 20 heavy (non-hydrogen) atoms. The van der Waals surface area contributed by atoms with Crippen molar-refractivity contribution in [1.29, 1.82) is 0 Å². The van der Waals surface area contributed by atoms with E-state index in [1.165, 1.54) is 12.1 Å². The molecule has 0 unspecified atom stereocenters. The highest BCUT2D eigenvalue weighted by atomic mass is 16.4. The number of fused-ring (bicyclic) bond motifs is 1. The predicted octanol–water partition coefficient (Wildman–Crippen LogP) is 3.23. The van der Waals surface area contributed by atoms with Crippen LogP contribution < -0.4 is 5.63 Å². The van der Waals surface area contributed by atoms with Crippen molar-refractivity contribution in [3.63, 3.8) is 0 Å². The Hall–Kier alpha value is -2.75. The topological polar surface area (TPSA) is 70.3 Å². The van der Waals surface area contributed by atoms with Gasteiger partial charge in [-0.2, -0.15) is 0 Å². The van der Waals surface area contributed by atoms with E-state index >= 15 is 0 Å². The highest BCUT2D eigenvalue weighted by Crippen LogP contribution is 2.27. The molecule has 0 bridgehead atoms. The molecule has 4 nitrogen and oxygen atoms in total. The second-order valence-corrected chi connectivity index (χ2v) is 4.53. The Morgan fingerprint density at radius 2 is 1.70 bits per heavy atom. The summed E-state index contributed by atoms with van der Waals surface area (Å²) >= 11 is 0. The molecule has 0 atom stereocenters. The molecule has 0 fully saturated rings. The van der Waals surface area contributed by atoms with E-state index in [1.54, 1.807) is 36.4 Å². The molecule has 99 valence electrons. The summed E-state index contributed by atoms with van der Waals surface area (Å²) in [5.41, 5.74) is 0.755. The molecule has 0 spiro atoms. The van der Waals surface area contributed by atoms with Crippen LogP contribution in [0.2, 0.25) is 0 Å². The van der Waals surface area contributed by atoms with Crippen LogP contribution in [-0.2, 0) is 11.5 Å². The third-order valence-electron chi connectivity index (χ3n) is 3.18. The Morgan fingerprint density at radius 1 is 1.00 bits per heavy atom. The molecule has 3 rings (SSSR count). The van der Waals surface area contributed by atoms with Crippen LogP contribution in [0.25, 0.3) is 11.0 Å². The van der Waals surface area contributed by atoms with E-state index in [4.69, 9.17) is 4.42 Å². The van der Waals surface area contributed by atoms with Crippen molar-refractivity contribution in [2.75, 3.05) is 0 Å². The van der Waals surface area contributed by atoms with Gasteiger partial charge in [-0.25, -0.2) is 4.79 Å². The minimum atomic E-state index is -0.563. The average molecular weight is 267 g/mol. The van der Waals surface area contributed by atoms with E-state index in [2.05, 4.69) is 0 Å². The molecule has 3 aromatic rings. The Morgan fingerprint density at radius 3 is 2.45 bits per heavy atom. The van der Waals surface area contributed by atoms with Crippen LogP contribution in [0.1, 0.15) is 11.1 Å². The van der Waals surface area contributed by atoms with Gasteiger partial charge in [0.25, 0.3) is 0 Å². The van der Waals surface area contributed by atoms with Crippen molar-refractivity contribution >= 4 is 11.0 Å². The summed E-state index contributed by atoms with van der Waals surface area (Å²) < 4.78 is 5.19. The van der Waals surface area contributed by atoms with E-state index < -0.39 is 5.63 Å². The maximum absolute atomic E-state index is 11.9. The molecule has 0 amide bonds. The van der Waals surface area contributed by atoms with Gasteiger partial charge in [0, 0.05) is 6.42 Å². The number of rotatable bonds is 2. The summed E-state index contributed by atoms with van der Waals surface area (Å²) in [4.78, 5) is 11.9. The van der Waals surface area contributed by atoms with Gasteiger partial charge >= 0.3 is 5.63 Å². The standard InChI is InChI=1S/C16H11O4/c17-11-7-5-10(6-8-11)9-13-15(18)12-3-1-2-4-14(12)20-16(13)19/h1-8,18H,9H2. The molecule has 2 aromatic carbocycles. The Labute approximate surface area is 114 Å². The van der Waals surface area contributed by atoms with Crippen LogP contribution in [0, 0.1) is 0 Å². The lowest BCUT2D eigenvalue weighted by molar-refractivity contribution is 0.355. The number of hydrogen-bond acceptors (Lipinski definition) is 3. The molecule has 1 aromatic heterocycles. The van der Waals surface area contributed by atoms with Gasteiger partial charge in [-0.3, -0.25) is 5.11 Å². The Balaban J connectivity index is 2.11. The van der Waals surface area contributed by atoms with Crippen molar-refractivity contribution in [3.05, 3.63) is 70.1 Å². The molecule has 0 aliphatic rings. The highest BCUT2D eigenvalue weighted by molar-refractivity contribution is 5.84. The van der Waals surface area contributed by atoms with Crippen molar-refractivity contribution in [1.82, 2.24) is 0 Å². The first kappa shape index (κ1) is 12.3. The number of hydrogen-bond donors (Lipinski definition) is 1. The summed E-state index contributed by atoms with van der Waals surface area (Å²) in [7, 11) is 0. The SMILES string of the molecule is [O]c1ccc(Cc2c(O)c3ccccc3oc2=O)cc1. The van der Waals surface area contributed by atoms with Gasteiger partial charge in [-0.1, -0.05) is 24.3 Å². The van der Waals surface area contributed by atoms with Gasteiger partial charge in [0.05, 0.1) is 10.9 Å². The normalized spacial score (nSPS) is 10.8. The fourth-order valence-corrected chi connectivity index (χ4v) is 2.14. The maximum Gasteiger partial charge on any atom is 0.343 e. The molecule has 1 heterocycles. The van der Waals surface area contributed by atoms with E-state index in [1.807, 2.05) is 0 Å². The summed E-state index contributed by atoms with van der Waals surface area (Å²) in [6.45, 7) is 0. The summed E-state index contributed by atoms with van der Waals surface area (Å²) in [5.74, 6) is -0.161. The van der Waals surface area contributed by atoms with E-state index in [-0.39, 0.29) is 23.5 Å². The van der Waals surface area contributed by atoms with E-state index in [0.717, 1.165) is 5.56 Å². The fraction of sp³-hybridized carbons (Fsp3) is 0.0625. The zero-order valence-electron chi connectivity index (χ0n) is 10.5. The largest absolute Gasteiger partial charge is 0.507 e. The summed E-state index contributed by atoms with van der Waals surface area (Å²) in [5, 5.41) is 21.8. The van der Waals surface area contributed by atoms with Crippen molar-refractivity contribution < 1.29 is 14.6 Å². The van der Waals surface area contributed by atoms with Crippen LogP contribution >= 0.6 is 0 Å². The number of benzene rings is 2. The van der Waals surface area contributed by atoms with E-state index in [0.29, 0.717) is 11.0 Å². The molecular weight excluding hydrogens is 256 g/mol. The molecule has 0 aliphatic heterocycles. The van der Waals surface area contributed by atoms with Gasteiger partial charge in [0.15, 0.2) is 5.75 Å². The first-order chi connectivity index (χ1) is 9.65. The smallest absolute Gasteiger partial charge is 0.343 e. The van der Waals surface area contributed by atoms with Crippen molar-refractivity contribution in [3.8, 4) is 11.5 Å². The third kappa shape index (κ3) is 2.12. The molecule has 4 heteroatoms. The lowest BCUT2D eigenvalue weighted by Gasteiger charge is -2.06. The minimum absolute atomic E-state index is 0.0666. The summed E-state index contributed by atoms with van der Waals surface area (Å²) in [6, 6.07) is 12.9.